The minimum Gasteiger partial charge on any atom is -0.340 e. The lowest BCUT2D eigenvalue weighted by atomic mass is 10.0. The van der Waals surface area contributed by atoms with Gasteiger partial charge in [-0.15, -0.1) is 10.2 Å². The highest BCUT2D eigenvalue weighted by Gasteiger charge is 2.28. The number of benzene rings is 2. The molecule has 4 rings (SSSR count). The lowest BCUT2D eigenvalue weighted by molar-refractivity contribution is 0.0905. The molecular formula is C21H19Cl2N7O. The predicted molar refractivity (Wildman–Crippen MR) is 117 cm³/mol. The Morgan fingerprint density at radius 1 is 1.00 bits per heavy atom. The van der Waals surface area contributed by atoms with Crippen LogP contribution >= 0.6 is 23.2 Å². The van der Waals surface area contributed by atoms with Crippen molar-refractivity contribution in [2.75, 3.05) is 0 Å². The highest BCUT2D eigenvalue weighted by atomic mass is 35.5. The molecule has 0 aliphatic heterocycles. The lowest BCUT2D eigenvalue weighted by Gasteiger charge is -2.22. The molecule has 2 heterocycles. The maximum Gasteiger partial charge on any atom is 0.274 e. The third-order valence-electron chi connectivity index (χ3n) is 4.66. The Hall–Kier alpha value is -3.23. The van der Waals surface area contributed by atoms with Gasteiger partial charge in [-0.2, -0.15) is 0 Å². The van der Waals surface area contributed by atoms with Crippen LogP contribution in [-0.4, -0.2) is 35.9 Å². The zero-order valence-corrected chi connectivity index (χ0v) is 18.3. The van der Waals surface area contributed by atoms with Gasteiger partial charge in [0.2, 0.25) is 0 Å². The molecule has 1 amide bonds. The molecule has 2 aromatic carbocycles. The minimum atomic E-state index is -0.784. The molecule has 10 heteroatoms. The van der Waals surface area contributed by atoms with Crippen molar-refractivity contribution in [3.8, 4) is 5.69 Å². The van der Waals surface area contributed by atoms with Gasteiger partial charge in [0, 0.05) is 10.0 Å². The fourth-order valence-electron chi connectivity index (χ4n) is 2.96. The van der Waals surface area contributed by atoms with Crippen molar-refractivity contribution in [1.82, 2.24) is 35.3 Å². The number of hydrogen-bond acceptors (Lipinski definition) is 5. The number of carbonyl (C=O) groups excluding carboxylic acids is 1. The average molecular weight is 456 g/mol. The molecule has 0 aliphatic carbocycles. The SMILES string of the molecule is CC(C)(NC(=O)c1cn(Cc2ccc(Cl)cc2)nn1)c1cn(-c2cccc(Cl)c2)nn1. The number of rotatable bonds is 6. The summed E-state index contributed by atoms with van der Waals surface area (Å²) in [7, 11) is 0. The number of hydrogen-bond donors (Lipinski definition) is 1. The Labute approximate surface area is 188 Å². The van der Waals surface area contributed by atoms with Gasteiger partial charge in [-0.25, -0.2) is 9.36 Å². The van der Waals surface area contributed by atoms with E-state index in [0.717, 1.165) is 11.3 Å². The quantitative estimate of drug-likeness (QED) is 0.476. The van der Waals surface area contributed by atoms with Crippen molar-refractivity contribution in [3.05, 3.63) is 87.9 Å². The average Bonchev–Trinajstić information content (AvgIpc) is 3.40. The van der Waals surface area contributed by atoms with Crippen LogP contribution in [0.3, 0.4) is 0 Å². The Morgan fingerprint density at radius 3 is 2.52 bits per heavy atom. The van der Waals surface area contributed by atoms with Crippen LogP contribution in [0.1, 0.15) is 35.6 Å². The molecule has 0 fully saturated rings. The smallest absolute Gasteiger partial charge is 0.274 e. The highest BCUT2D eigenvalue weighted by molar-refractivity contribution is 6.30. The summed E-state index contributed by atoms with van der Waals surface area (Å²) in [5, 5.41) is 20.6. The van der Waals surface area contributed by atoms with Crippen molar-refractivity contribution in [3.63, 3.8) is 0 Å². The zero-order valence-electron chi connectivity index (χ0n) is 16.8. The van der Waals surface area contributed by atoms with E-state index in [-0.39, 0.29) is 11.6 Å². The van der Waals surface area contributed by atoms with E-state index in [9.17, 15) is 4.79 Å². The summed E-state index contributed by atoms with van der Waals surface area (Å²) in [6, 6.07) is 14.7. The van der Waals surface area contributed by atoms with E-state index in [1.807, 2.05) is 38.1 Å². The van der Waals surface area contributed by atoms with Gasteiger partial charge in [0.25, 0.3) is 5.91 Å². The normalized spacial score (nSPS) is 11.5. The molecule has 0 spiro atoms. The van der Waals surface area contributed by atoms with E-state index >= 15 is 0 Å². The summed E-state index contributed by atoms with van der Waals surface area (Å²) in [5.41, 5.74) is 1.80. The van der Waals surface area contributed by atoms with Gasteiger partial charge in [0.05, 0.1) is 30.2 Å². The summed E-state index contributed by atoms with van der Waals surface area (Å²) in [6.45, 7) is 4.17. The largest absolute Gasteiger partial charge is 0.340 e. The molecule has 0 saturated carbocycles. The summed E-state index contributed by atoms with van der Waals surface area (Å²) >= 11 is 12.0. The number of halogens is 2. The standard InChI is InChI=1S/C21H19Cl2N7O/c1-21(2,19-13-30(28-26-19)17-5-3-4-16(23)10-17)24-20(31)18-12-29(27-25-18)11-14-6-8-15(22)9-7-14/h3-10,12-13H,11H2,1-2H3,(H,24,31). The number of amides is 1. The first kappa shape index (κ1) is 21.0. The van der Waals surface area contributed by atoms with Crippen molar-refractivity contribution in [2.24, 2.45) is 0 Å². The molecule has 0 saturated heterocycles. The number of nitrogens with one attached hydrogen (secondary N) is 1. The van der Waals surface area contributed by atoms with Crippen molar-refractivity contribution in [1.29, 1.82) is 0 Å². The number of nitrogens with zero attached hydrogens (tertiary/aromatic N) is 6. The van der Waals surface area contributed by atoms with Crippen LogP contribution in [0.4, 0.5) is 0 Å². The van der Waals surface area contributed by atoms with Crippen LogP contribution in [0, 0.1) is 0 Å². The molecule has 0 aliphatic rings. The Balaban J connectivity index is 1.45. The molecule has 2 aromatic heterocycles. The van der Waals surface area contributed by atoms with E-state index in [2.05, 4.69) is 25.9 Å². The second kappa shape index (κ2) is 8.49. The number of aromatic nitrogens is 6. The predicted octanol–water partition coefficient (Wildman–Crippen LogP) is 3.88. The van der Waals surface area contributed by atoms with Crippen molar-refractivity contribution in [2.45, 2.75) is 25.9 Å². The van der Waals surface area contributed by atoms with E-state index in [0.29, 0.717) is 22.3 Å². The first-order valence-electron chi connectivity index (χ1n) is 9.46. The molecule has 0 bridgehead atoms. The molecule has 1 N–H and O–H groups in total. The van der Waals surface area contributed by atoms with Crippen LogP contribution < -0.4 is 5.32 Å². The van der Waals surface area contributed by atoms with Gasteiger partial charge in [0.1, 0.15) is 5.69 Å². The van der Waals surface area contributed by atoms with Crippen LogP contribution in [0.15, 0.2) is 60.9 Å². The van der Waals surface area contributed by atoms with Crippen LogP contribution in [0.2, 0.25) is 10.0 Å². The Morgan fingerprint density at radius 2 is 1.77 bits per heavy atom. The fraction of sp³-hybridized carbons (Fsp3) is 0.190. The van der Waals surface area contributed by atoms with Gasteiger partial charge in [-0.05, 0) is 49.7 Å². The molecular weight excluding hydrogens is 437 g/mol. The molecule has 0 unspecified atom stereocenters. The third kappa shape index (κ3) is 4.92. The summed E-state index contributed by atoms with van der Waals surface area (Å²) in [6.07, 6.45) is 3.35. The summed E-state index contributed by atoms with van der Waals surface area (Å²) in [5.74, 6) is -0.357. The van der Waals surface area contributed by atoms with Crippen molar-refractivity contribution < 1.29 is 4.79 Å². The molecule has 4 aromatic rings. The molecule has 158 valence electrons. The first-order chi connectivity index (χ1) is 14.8. The summed E-state index contributed by atoms with van der Waals surface area (Å²) < 4.78 is 3.21. The van der Waals surface area contributed by atoms with Gasteiger partial charge in [-0.1, -0.05) is 51.8 Å². The van der Waals surface area contributed by atoms with Gasteiger partial charge < -0.3 is 5.32 Å². The highest BCUT2D eigenvalue weighted by Crippen LogP contribution is 2.20. The Kier molecular flexibility index (Phi) is 5.75. The minimum absolute atomic E-state index is 0.212. The van der Waals surface area contributed by atoms with E-state index < -0.39 is 5.54 Å². The first-order valence-corrected chi connectivity index (χ1v) is 10.2. The van der Waals surface area contributed by atoms with Gasteiger partial charge in [-0.3, -0.25) is 4.79 Å². The molecule has 8 nitrogen and oxygen atoms in total. The monoisotopic (exact) mass is 455 g/mol. The maximum absolute atomic E-state index is 12.7. The summed E-state index contributed by atoms with van der Waals surface area (Å²) in [4.78, 5) is 12.7. The van der Waals surface area contributed by atoms with Gasteiger partial charge >= 0.3 is 0 Å². The zero-order chi connectivity index (χ0) is 22.0. The molecule has 0 atom stereocenters. The van der Waals surface area contributed by atoms with Crippen LogP contribution in [0.25, 0.3) is 5.69 Å². The second-order valence-electron chi connectivity index (χ2n) is 7.54. The van der Waals surface area contributed by atoms with E-state index in [1.54, 1.807) is 46.0 Å². The second-order valence-corrected chi connectivity index (χ2v) is 8.41. The van der Waals surface area contributed by atoms with Crippen LogP contribution in [0.5, 0.6) is 0 Å². The molecule has 0 radical (unpaired) electrons. The maximum atomic E-state index is 12.7. The van der Waals surface area contributed by atoms with E-state index in [1.165, 1.54) is 0 Å². The van der Waals surface area contributed by atoms with Crippen molar-refractivity contribution >= 4 is 29.1 Å². The molecule has 31 heavy (non-hydrogen) atoms. The number of carbonyl (C=O) groups is 1. The van der Waals surface area contributed by atoms with Gasteiger partial charge in [0.15, 0.2) is 5.69 Å². The van der Waals surface area contributed by atoms with E-state index in [4.69, 9.17) is 23.2 Å². The third-order valence-corrected chi connectivity index (χ3v) is 5.15. The lowest BCUT2D eigenvalue weighted by Crippen LogP contribution is -2.41. The topological polar surface area (TPSA) is 90.5 Å². The van der Waals surface area contributed by atoms with Crippen LogP contribution in [-0.2, 0) is 12.1 Å². The Bertz CT molecular complexity index is 1210. The fourth-order valence-corrected chi connectivity index (χ4v) is 3.27.